The maximum absolute atomic E-state index is 12.2. The molecule has 1 N–H and O–H groups in total. The van der Waals surface area contributed by atoms with Gasteiger partial charge in [-0.05, 0) is 30.5 Å². The smallest absolute Gasteiger partial charge is 0.317 e. The van der Waals surface area contributed by atoms with E-state index in [9.17, 15) is 4.79 Å². The van der Waals surface area contributed by atoms with Gasteiger partial charge in [0.15, 0.2) is 11.5 Å². The number of urea groups is 1. The summed E-state index contributed by atoms with van der Waals surface area (Å²) in [5.74, 6) is 2.09. The Hall–Kier alpha value is -2.41. The van der Waals surface area contributed by atoms with Crippen molar-refractivity contribution in [1.82, 2.24) is 10.2 Å². The Balaban J connectivity index is 1.42. The van der Waals surface area contributed by atoms with Gasteiger partial charge in [-0.25, -0.2) is 4.79 Å². The second-order valence-electron chi connectivity index (χ2n) is 5.40. The molecule has 0 spiro atoms. The number of nitrogens with one attached hydrogen (secondary N) is 1. The first-order chi connectivity index (χ1) is 11.6. The quantitative estimate of drug-likeness (QED) is 0.814. The van der Waals surface area contributed by atoms with E-state index in [0.717, 1.165) is 10.6 Å². The van der Waals surface area contributed by atoms with Gasteiger partial charge in [0, 0.05) is 18.0 Å². The maximum Gasteiger partial charge on any atom is 0.317 e. The minimum atomic E-state index is -0.120. The summed E-state index contributed by atoms with van der Waals surface area (Å²) in [5, 5.41) is 4.87. The van der Waals surface area contributed by atoms with Crippen molar-refractivity contribution >= 4 is 17.4 Å². The average Bonchev–Trinajstić information content (AvgIpc) is 3.27. The molecular weight excluding hydrogens is 328 g/mol. The number of nitrogens with zero attached hydrogens (tertiary/aromatic N) is 1. The number of carbonyl (C=O) groups excluding carboxylic acids is 1. The minimum Gasteiger partial charge on any atom is -0.492 e. The molecule has 7 heteroatoms. The van der Waals surface area contributed by atoms with Crippen molar-refractivity contribution in [2.24, 2.45) is 0 Å². The molecule has 0 bridgehead atoms. The van der Waals surface area contributed by atoms with Crippen LogP contribution in [0.5, 0.6) is 17.2 Å². The van der Waals surface area contributed by atoms with Crippen LogP contribution < -0.4 is 19.5 Å². The van der Waals surface area contributed by atoms with Crippen molar-refractivity contribution in [3.8, 4) is 17.2 Å². The summed E-state index contributed by atoms with van der Waals surface area (Å²) in [5.41, 5.74) is 0. The van der Waals surface area contributed by atoms with E-state index in [1.165, 1.54) is 0 Å². The molecule has 2 heterocycles. The lowest BCUT2D eigenvalue weighted by atomic mass is 10.2. The predicted octanol–water partition coefficient (Wildman–Crippen LogP) is 3.26. The molecule has 1 atom stereocenters. The number of rotatable bonds is 6. The molecular formula is C17H20N2O4S. The number of hydrogen-bond acceptors (Lipinski definition) is 5. The number of hydrogen-bond donors (Lipinski definition) is 1. The van der Waals surface area contributed by atoms with Crippen LogP contribution >= 0.6 is 11.3 Å². The lowest BCUT2D eigenvalue weighted by molar-refractivity contribution is 0.173. The van der Waals surface area contributed by atoms with Crippen molar-refractivity contribution in [1.29, 1.82) is 0 Å². The van der Waals surface area contributed by atoms with Crippen LogP contribution in [0.15, 0.2) is 35.7 Å². The molecule has 1 aliphatic heterocycles. The molecule has 3 rings (SSSR count). The summed E-state index contributed by atoms with van der Waals surface area (Å²) in [6.45, 7) is 3.06. The van der Waals surface area contributed by atoms with Crippen molar-refractivity contribution < 1.29 is 19.0 Å². The normalized spacial score (nSPS) is 13.4. The van der Waals surface area contributed by atoms with Crippen LogP contribution in [0.1, 0.15) is 17.8 Å². The van der Waals surface area contributed by atoms with E-state index in [0.29, 0.717) is 24.7 Å². The first kappa shape index (κ1) is 16.4. The van der Waals surface area contributed by atoms with Gasteiger partial charge in [0.05, 0.1) is 12.6 Å². The fraction of sp³-hybridized carbons (Fsp3) is 0.353. The minimum absolute atomic E-state index is 0.0415. The van der Waals surface area contributed by atoms with Crippen LogP contribution in [0.3, 0.4) is 0 Å². The predicted molar refractivity (Wildman–Crippen MR) is 92.0 cm³/mol. The van der Waals surface area contributed by atoms with Gasteiger partial charge in [-0.15, -0.1) is 11.3 Å². The molecule has 24 heavy (non-hydrogen) atoms. The molecule has 2 aromatic rings. The first-order valence-electron chi connectivity index (χ1n) is 7.71. The fourth-order valence-corrected chi connectivity index (χ4v) is 3.14. The average molecular weight is 348 g/mol. The molecule has 1 aliphatic rings. The van der Waals surface area contributed by atoms with E-state index in [-0.39, 0.29) is 18.9 Å². The molecule has 2 amide bonds. The van der Waals surface area contributed by atoms with E-state index in [1.54, 1.807) is 29.4 Å². The summed E-state index contributed by atoms with van der Waals surface area (Å²) in [4.78, 5) is 15.0. The van der Waals surface area contributed by atoms with Crippen molar-refractivity contribution in [3.63, 3.8) is 0 Å². The van der Waals surface area contributed by atoms with E-state index in [2.05, 4.69) is 5.32 Å². The Morgan fingerprint density at radius 3 is 3.00 bits per heavy atom. The standard InChI is InChI=1S/C17H20N2O4S/c1-12(16-4-3-9-24-16)19(2)17(20)18-7-8-21-13-5-6-14-15(10-13)23-11-22-14/h3-6,9-10,12H,7-8,11H2,1-2H3,(H,18,20)/t12-/m0/s1. The molecule has 1 aromatic carbocycles. The zero-order valence-corrected chi connectivity index (χ0v) is 14.5. The van der Waals surface area contributed by atoms with Crippen LogP contribution in [0, 0.1) is 0 Å². The van der Waals surface area contributed by atoms with Gasteiger partial charge >= 0.3 is 6.03 Å². The van der Waals surface area contributed by atoms with Gasteiger partial charge in [-0.1, -0.05) is 6.07 Å². The molecule has 1 aromatic heterocycles. The third-order valence-electron chi connectivity index (χ3n) is 3.85. The summed E-state index contributed by atoms with van der Waals surface area (Å²) < 4.78 is 16.2. The molecule has 128 valence electrons. The summed E-state index contributed by atoms with van der Waals surface area (Å²) in [6.07, 6.45) is 0. The molecule has 6 nitrogen and oxygen atoms in total. The molecule has 0 fully saturated rings. The number of thiophene rings is 1. The molecule has 0 radical (unpaired) electrons. The number of carbonyl (C=O) groups is 1. The summed E-state index contributed by atoms with van der Waals surface area (Å²) in [7, 11) is 1.79. The van der Waals surface area contributed by atoms with Gasteiger partial charge in [0.25, 0.3) is 0 Å². The van der Waals surface area contributed by atoms with Crippen molar-refractivity contribution in [2.45, 2.75) is 13.0 Å². The van der Waals surface area contributed by atoms with Crippen LogP contribution in [0.25, 0.3) is 0 Å². The second-order valence-corrected chi connectivity index (χ2v) is 6.38. The SMILES string of the molecule is C[C@@H](c1cccs1)N(C)C(=O)NCCOc1ccc2c(c1)OCO2. The monoisotopic (exact) mass is 348 g/mol. The van der Waals surface area contributed by atoms with E-state index in [1.807, 2.05) is 36.6 Å². The van der Waals surface area contributed by atoms with Gasteiger partial charge in [0.1, 0.15) is 12.4 Å². The van der Waals surface area contributed by atoms with Crippen LogP contribution in [0.2, 0.25) is 0 Å². The van der Waals surface area contributed by atoms with E-state index in [4.69, 9.17) is 14.2 Å². The molecule has 0 saturated heterocycles. The zero-order chi connectivity index (χ0) is 16.9. The van der Waals surface area contributed by atoms with Gasteiger partial charge < -0.3 is 24.4 Å². The van der Waals surface area contributed by atoms with Gasteiger partial charge in [0.2, 0.25) is 6.79 Å². The van der Waals surface area contributed by atoms with E-state index >= 15 is 0 Å². The fourth-order valence-electron chi connectivity index (χ4n) is 2.31. The number of benzene rings is 1. The topological polar surface area (TPSA) is 60.0 Å². The highest BCUT2D eigenvalue weighted by molar-refractivity contribution is 7.10. The summed E-state index contributed by atoms with van der Waals surface area (Å²) in [6, 6.07) is 9.36. The lowest BCUT2D eigenvalue weighted by Gasteiger charge is -2.24. The zero-order valence-electron chi connectivity index (χ0n) is 13.7. The van der Waals surface area contributed by atoms with Gasteiger partial charge in [-0.3, -0.25) is 0 Å². The second kappa shape index (κ2) is 7.44. The number of ether oxygens (including phenoxy) is 3. The van der Waals surface area contributed by atoms with E-state index < -0.39 is 0 Å². The molecule has 0 aliphatic carbocycles. The largest absolute Gasteiger partial charge is 0.492 e. The van der Waals surface area contributed by atoms with Crippen molar-refractivity contribution in [2.75, 3.05) is 27.0 Å². The Morgan fingerprint density at radius 1 is 1.38 bits per heavy atom. The van der Waals surface area contributed by atoms with Gasteiger partial charge in [-0.2, -0.15) is 0 Å². The van der Waals surface area contributed by atoms with Crippen LogP contribution in [-0.2, 0) is 0 Å². The van der Waals surface area contributed by atoms with Crippen molar-refractivity contribution in [3.05, 3.63) is 40.6 Å². The summed E-state index contributed by atoms with van der Waals surface area (Å²) >= 11 is 1.64. The highest BCUT2D eigenvalue weighted by atomic mass is 32.1. The Morgan fingerprint density at radius 2 is 2.21 bits per heavy atom. The Kier molecular flexibility index (Phi) is 5.10. The number of amides is 2. The molecule has 0 saturated carbocycles. The highest BCUT2D eigenvalue weighted by Crippen LogP contribution is 2.35. The van der Waals surface area contributed by atoms with Crippen LogP contribution in [-0.4, -0.2) is 37.9 Å². The molecule has 0 unspecified atom stereocenters. The third kappa shape index (κ3) is 3.73. The Bertz CT molecular complexity index is 690. The Labute approximate surface area is 144 Å². The van der Waals surface area contributed by atoms with Crippen LogP contribution in [0.4, 0.5) is 4.79 Å². The maximum atomic E-state index is 12.2. The lowest BCUT2D eigenvalue weighted by Crippen LogP contribution is -2.40. The number of fused-ring (bicyclic) bond motifs is 1. The third-order valence-corrected chi connectivity index (χ3v) is 4.89. The highest BCUT2D eigenvalue weighted by Gasteiger charge is 2.18. The first-order valence-corrected chi connectivity index (χ1v) is 8.59.